The zero-order chi connectivity index (χ0) is 7.11. The van der Waals surface area contributed by atoms with Crippen LogP contribution in [0.1, 0.15) is 27.2 Å². The molecule has 0 aromatic heterocycles. The second kappa shape index (κ2) is 5.61. The Balaban J connectivity index is 3.25. The van der Waals surface area contributed by atoms with Crippen molar-refractivity contribution in [1.82, 2.24) is 0 Å². The highest BCUT2D eigenvalue weighted by molar-refractivity contribution is 5.00. The molecule has 0 saturated heterocycles. The van der Waals surface area contributed by atoms with Crippen molar-refractivity contribution in [2.75, 3.05) is 0 Å². The van der Waals surface area contributed by atoms with Crippen molar-refractivity contribution < 1.29 is 0 Å². The molecule has 0 heterocycles. The highest BCUT2D eigenvalue weighted by Gasteiger charge is 1.84. The Morgan fingerprint density at radius 1 is 1.22 bits per heavy atom. The maximum absolute atomic E-state index is 2.22. The minimum atomic E-state index is 0.784. The van der Waals surface area contributed by atoms with E-state index in [1.165, 1.54) is 6.42 Å². The van der Waals surface area contributed by atoms with Gasteiger partial charge in [-0.25, -0.2) is 0 Å². The molecule has 0 N–H and O–H groups in total. The van der Waals surface area contributed by atoms with E-state index in [0.29, 0.717) is 0 Å². The molecule has 0 radical (unpaired) electrons. The predicted molar refractivity (Wildman–Crippen MR) is 43.4 cm³/mol. The van der Waals surface area contributed by atoms with Crippen molar-refractivity contribution >= 4 is 0 Å². The lowest BCUT2D eigenvalue weighted by Crippen LogP contribution is -1.80. The molecule has 0 aromatic rings. The van der Waals surface area contributed by atoms with Gasteiger partial charge in [0, 0.05) is 0 Å². The summed E-state index contributed by atoms with van der Waals surface area (Å²) >= 11 is 0. The molecule has 0 rings (SSSR count). The minimum absolute atomic E-state index is 0.784. The van der Waals surface area contributed by atoms with E-state index in [-0.39, 0.29) is 0 Å². The van der Waals surface area contributed by atoms with Crippen LogP contribution >= 0.6 is 0 Å². The maximum Gasteiger partial charge on any atom is -0.0324 e. The SMILES string of the molecule is C/C=C\C=C/CC(C)C. The van der Waals surface area contributed by atoms with Gasteiger partial charge in [-0.3, -0.25) is 0 Å². The molecule has 0 bridgehead atoms. The molecular weight excluding hydrogens is 108 g/mol. The quantitative estimate of drug-likeness (QED) is 0.507. The molecule has 0 aromatic carbocycles. The lowest BCUT2D eigenvalue weighted by molar-refractivity contribution is 0.664. The highest BCUT2D eigenvalue weighted by atomic mass is 13.9. The van der Waals surface area contributed by atoms with Crippen LogP contribution in [-0.2, 0) is 0 Å². The molecule has 0 amide bonds. The largest absolute Gasteiger partial charge is 0.0877 e. The molecule has 0 atom stereocenters. The van der Waals surface area contributed by atoms with Crippen LogP contribution in [0.4, 0.5) is 0 Å². The van der Waals surface area contributed by atoms with Gasteiger partial charge in [0.05, 0.1) is 0 Å². The van der Waals surface area contributed by atoms with E-state index in [1.54, 1.807) is 0 Å². The summed E-state index contributed by atoms with van der Waals surface area (Å²) in [6.45, 7) is 6.47. The van der Waals surface area contributed by atoms with E-state index in [0.717, 1.165) is 5.92 Å². The Bertz CT molecular complexity index is 96.6. The van der Waals surface area contributed by atoms with Crippen LogP contribution in [0.2, 0.25) is 0 Å². The van der Waals surface area contributed by atoms with Gasteiger partial charge < -0.3 is 0 Å². The Labute approximate surface area is 58.3 Å². The van der Waals surface area contributed by atoms with E-state index >= 15 is 0 Å². The standard InChI is InChI=1S/C9H16/c1-4-5-6-7-8-9(2)3/h4-7,9H,8H2,1-3H3/b5-4-,7-6-. The average Bonchev–Trinajstić information content (AvgIpc) is 1.80. The lowest BCUT2D eigenvalue weighted by Gasteiger charge is -1.94. The van der Waals surface area contributed by atoms with Crippen molar-refractivity contribution in [2.24, 2.45) is 5.92 Å². The fourth-order valence-electron chi connectivity index (χ4n) is 0.540. The zero-order valence-corrected chi connectivity index (χ0v) is 6.59. The fraction of sp³-hybridized carbons (Fsp3) is 0.556. The molecule has 52 valence electrons. The van der Waals surface area contributed by atoms with Gasteiger partial charge >= 0.3 is 0 Å². The normalized spacial score (nSPS) is 12.4. The van der Waals surface area contributed by atoms with Crippen molar-refractivity contribution in [3.63, 3.8) is 0 Å². The van der Waals surface area contributed by atoms with E-state index in [9.17, 15) is 0 Å². The summed E-state index contributed by atoms with van der Waals surface area (Å²) in [6.07, 6.45) is 9.58. The van der Waals surface area contributed by atoms with Gasteiger partial charge in [0.15, 0.2) is 0 Å². The minimum Gasteiger partial charge on any atom is -0.0877 e. The maximum atomic E-state index is 2.22. The molecule has 0 aliphatic rings. The topological polar surface area (TPSA) is 0 Å². The summed E-state index contributed by atoms with van der Waals surface area (Å²) in [5, 5.41) is 0. The summed E-state index contributed by atoms with van der Waals surface area (Å²) in [5.74, 6) is 0.784. The molecule has 9 heavy (non-hydrogen) atoms. The van der Waals surface area contributed by atoms with Crippen LogP contribution in [0.25, 0.3) is 0 Å². The molecule has 0 fully saturated rings. The molecule has 0 saturated carbocycles. The van der Waals surface area contributed by atoms with E-state index < -0.39 is 0 Å². The molecule has 0 aliphatic carbocycles. The first-order valence-corrected chi connectivity index (χ1v) is 3.55. The smallest absolute Gasteiger partial charge is 0.0324 e. The second-order valence-electron chi connectivity index (χ2n) is 2.58. The van der Waals surface area contributed by atoms with Gasteiger partial charge in [-0.2, -0.15) is 0 Å². The Kier molecular flexibility index (Phi) is 5.29. The van der Waals surface area contributed by atoms with Gasteiger partial charge in [0.1, 0.15) is 0 Å². The fourth-order valence-corrected chi connectivity index (χ4v) is 0.540. The lowest BCUT2D eigenvalue weighted by atomic mass is 10.1. The van der Waals surface area contributed by atoms with Crippen LogP contribution < -0.4 is 0 Å². The Hall–Kier alpha value is -0.520. The van der Waals surface area contributed by atoms with E-state index in [1.807, 2.05) is 13.0 Å². The van der Waals surface area contributed by atoms with Gasteiger partial charge in [-0.05, 0) is 19.3 Å². The zero-order valence-electron chi connectivity index (χ0n) is 6.59. The number of hydrogen-bond acceptors (Lipinski definition) is 0. The summed E-state index contributed by atoms with van der Waals surface area (Å²) < 4.78 is 0. The summed E-state index contributed by atoms with van der Waals surface area (Å²) in [4.78, 5) is 0. The summed E-state index contributed by atoms with van der Waals surface area (Å²) in [6, 6.07) is 0. The molecular formula is C9H16. The van der Waals surface area contributed by atoms with Gasteiger partial charge in [0.2, 0.25) is 0 Å². The number of hydrogen-bond donors (Lipinski definition) is 0. The molecule has 0 unspecified atom stereocenters. The molecule has 0 nitrogen and oxygen atoms in total. The molecule has 0 spiro atoms. The third-order valence-electron chi connectivity index (χ3n) is 1.05. The first kappa shape index (κ1) is 8.48. The molecule has 0 heteroatoms. The summed E-state index contributed by atoms with van der Waals surface area (Å²) in [7, 11) is 0. The molecule has 0 aliphatic heterocycles. The van der Waals surface area contributed by atoms with Crippen LogP contribution in [0.5, 0.6) is 0 Å². The average molecular weight is 124 g/mol. The van der Waals surface area contributed by atoms with Crippen LogP contribution in [0, 0.1) is 5.92 Å². The third-order valence-corrected chi connectivity index (χ3v) is 1.05. The monoisotopic (exact) mass is 124 g/mol. The van der Waals surface area contributed by atoms with Crippen molar-refractivity contribution in [3.8, 4) is 0 Å². The van der Waals surface area contributed by atoms with Crippen LogP contribution in [0.15, 0.2) is 24.3 Å². The number of rotatable bonds is 3. The van der Waals surface area contributed by atoms with Crippen LogP contribution in [0.3, 0.4) is 0 Å². The number of allylic oxidation sites excluding steroid dienone is 4. The van der Waals surface area contributed by atoms with E-state index in [4.69, 9.17) is 0 Å². The van der Waals surface area contributed by atoms with Crippen molar-refractivity contribution in [1.29, 1.82) is 0 Å². The van der Waals surface area contributed by atoms with E-state index in [2.05, 4.69) is 32.1 Å². The third kappa shape index (κ3) is 7.48. The first-order valence-electron chi connectivity index (χ1n) is 3.55. The summed E-state index contributed by atoms with van der Waals surface area (Å²) in [5.41, 5.74) is 0. The predicted octanol–water partition coefficient (Wildman–Crippen LogP) is 3.16. The van der Waals surface area contributed by atoms with Gasteiger partial charge in [-0.15, -0.1) is 0 Å². The van der Waals surface area contributed by atoms with Crippen molar-refractivity contribution in [2.45, 2.75) is 27.2 Å². The Morgan fingerprint density at radius 2 is 1.89 bits per heavy atom. The van der Waals surface area contributed by atoms with Gasteiger partial charge in [0.25, 0.3) is 0 Å². The van der Waals surface area contributed by atoms with Crippen molar-refractivity contribution in [3.05, 3.63) is 24.3 Å². The first-order chi connectivity index (χ1) is 4.27. The second-order valence-corrected chi connectivity index (χ2v) is 2.58. The highest BCUT2D eigenvalue weighted by Crippen LogP contribution is 1.99. The van der Waals surface area contributed by atoms with Crippen LogP contribution in [-0.4, -0.2) is 0 Å². The Morgan fingerprint density at radius 3 is 2.33 bits per heavy atom. The van der Waals surface area contributed by atoms with Gasteiger partial charge in [-0.1, -0.05) is 38.2 Å².